The number of halogens is 2. The van der Waals surface area contributed by atoms with Gasteiger partial charge < -0.3 is 4.74 Å². The molecule has 0 heterocycles. The number of ether oxygens (including phenoxy) is 1. The van der Waals surface area contributed by atoms with Crippen LogP contribution in [0.3, 0.4) is 0 Å². The van der Waals surface area contributed by atoms with Crippen LogP contribution in [0.25, 0.3) is 0 Å². The second-order valence-corrected chi connectivity index (χ2v) is 13.8. The maximum absolute atomic E-state index is 6.06. The summed E-state index contributed by atoms with van der Waals surface area (Å²) in [6.45, 7) is 3.17. The Labute approximate surface area is 167 Å². The molecule has 2 aliphatic rings. The molecule has 0 aromatic heterocycles. The highest BCUT2D eigenvalue weighted by molar-refractivity contribution is 7.33. The fourth-order valence-electron chi connectivity index (χ4n) is 5.02. The molecule has 2 saturated carbocycles. The molecular formula is C21H40Cl2OSi. The zero-order valence-corrected chi connectivity index (χ0v) is 19.0. The van der Waals surface area contributed by atoms with Crippen LogP contribution in [-0.4, -0.2) is 20.1 Å². The lowest BCUT2D eigenvalue weighted by atomic mass is 9.70. The Morgan fingerprint density at radius 1 is 0.800 bits per heavy atom. The molecule has 0 spiro atoms. The molecule has 2 aliphatic carbocycles. The van der Waals surface area contributed by atoms with Crippen molar-refractivity contribution in [3.8, 4) is 0 Å². The summed E-state index contributed by atoms with van der Waals surface area (Å²) in [5.74, 6) is 3.06. The van der Waals surface area contributed by atoms with Crippen LogP contribution in [0.15, 0.2) is 0 Å². The topological polar surface area (TPSA) is 9.23 Å². The van der Waals surface area contributed by atoms with E-state index in [0.29, 0.717) is 6.10 Å². The van der Waals surface area contributed by atoms with E-state index in [1.807, 2.05) is 0 Å². The maximum Gasteiger partial charge on any atom is 0.237 e. The average molecular weight is 408 g/mol. The molecule has 0 unspecified atom stereocenters. The molecule has 0 aromatic carbocycles. The molecule has 4 heteroatoms. The van der Waals surface area contributed by atoms with Crippen molar-refractivity contribution in [3.63, 3.8) is 0 Å². The van der Waals surface area contributed by atoms with Crippen LogP contribution in [0.4, 0.5) is 0 Å². The van der Waals surface area contributed by atoms with Gasteiger partial charge in [-0.05, 0) is 68.7 Å². The third kappa shape index (κ3) is 8.99. The quantitative estimate of drug-likeness (QED) is 0.197. The van der Waals surface area contributed by atoms with Crippen LogP contribution in [0, 0.1) is 17.8 Å². The Bertz CT molecular complexity index is 324. The fraction of sp³-hybridized carbons (Fsp3) is 1.00. The van der Waals surface area contributed by atoms with E-state index in [0.717, 1.165) is 36.8 Å². The minimum atomic E-state index is -1.43. The molecule has 2 fully saturated rings. The summed E-state index contributed by atoms with van der Waals surface area (Å²) in [6, 6.07) is 0.986. The SMILES string of the molecule is CCCCCCC1CCC(C2CCC(OCCC[SiH](Cl)Cl)CC2)CC1. The zero-order valence-electron chi connectivity index (χ0n) is 16.4. The number of hydrogen-bond donors (Lipinski definition) is 0. The van der Waals surface area contributed by atoms with Crippen molar-refractivity contribution in [1.82, 2.24) is 0 Å². The Kier molecular flexibility index (Phi) is 11.5. The average Bonchev–Trinajstić information content (AvgIpc) is 2.63. The van der Waals surface area contributed by atoms with Crippen molar-refractivity contribution in [3.05, 3.63) is 0 Å². The molecule has 0 radical (unpaired) electrons. The molecule has 148 valence electrons. The highest BCUT2D eigenvalue weighted by Crippen LogP contribution is 2.41. The summed E-state index contributed by atoms with van der Waals surface area (Å²) in [4.78, 5) is 0. The monoisotopic (exact) mass is 406 g/mol. The highest BCUT2D eigenvalue weighted by atomic mass is 35.7. The fourth-order valence-corrected chi connectivity index (χ4v) is 6.42. The van der Waals surface area contributed by atoms with Crippen LogP contribution in [0.5, 0.6) is 0 Å². The molecule has 0 N–H and O–H groups in total. The third-order valence-electron chi connectivity index (χ3n) is 6.66. The number of hydrogen-bond acceptors (Lipinski definition) is 1. The molecule has 0 aromatic rings. The molecule has 0 bridgehead atoms. The maximum atomic E-state index is 6.06. The summed E-state index contributed by atoms with van der Waals surface area (Å²) >= 11 is 11.8. The van der Waals surface area contributed by atoms with Crippen molar-refractivity contribution in [1.29, 1.82) is 0 Å². The van der Waals surface area contributed by atoms with Crippen molar-refractivity contribution in [2.75, 3.05) is 6.61 Å². The summed E-state index contributed by atoms with van der Waals surface area (Å²) in [7, 11) is -1.43. The van der Waals surface area contributed by atoms with E-state index in [4.69, 9.17) is 26.9 Å². The van der Waals surface area contributed by atoms with Crippen molar-refractivity contribution >= 4 is 29.6 Å². The predicted octanol–water partition coefficient (Wildman–Crippen LogP) is 7.43. The van der Waals surface area contributed by atoms with E-state index in [1.54, 1.807) is 0 Å². The van der Waals surface area contributed by atoms with Gasteiger partial charge in [0.05, 0.1) is 6.10 Å². The van der Waals surface area contributed by atoms with Gasteiger partial charge in [-0.15, -0.1) is 0 Å². The van der Waals surface area contributed by atoms with E-state index in [-0.39, 0.29) is 0 Å². The van der Waals surface area contributed by atoms with Gasteiger partial charge in [-0.1, -0.05) is 51.9 Å². The first-order valence-electron chi connectivity index (χ1n) is 11.1. The van der Waals surface area contributed by atoms with Gasteiger partial charge in [-0.2, -0.15) is 22.2 Å². The first kappa shape index (κ1) is 22.1. The molecule has 0 saturated heterocycles. The van der Waals surface area contributed by atoms with Crippen LogP contribution < -0.4 is 0 Å². The molecule has 2 rings (SSSR count). The predicted molar refractivity (Wildman–Crippen MR) is 114 cm³/mol. The minimum absolute atomic E-state index is 0.511. The largest absolute Gasteiger partial charge is 0.378 e. The summed E-state index contributed by atoms with van der Waals surface area (Å²) in [6.07, 6.45) is 20.2. The summed E-state index contributed by atoms with van der Waals surface area (Å²) in [5.41, 5.74) is 0. The summed E-state index contributed by atoms with van der Waals surface area (Å²) in [5, 5.41) is 0. The van der Waals surface area contributed by atoms with Crippen LogP contribution in [0.1, 0.15) is 96.8 Å². The first-order chi connectivity index (χ1) is 12.2. The smallest absolute Gasteiger partial charge is 0.237 e. The second-order valence-electron chi connectivity index (χ2n) is 8.57. The molecule has 25 heavy (non-hydrogen) atoms. The Balaban J connectivity index is 1.53. The number of unbranched alkanes of at least 4 members (excludes halogenated alkanes) is 3. The van der Waals surface area contributed by atoms with Gasteiger partial charge in [0.25, 0.3) is 0 Å². The van der Waals surface area contributed by atoms with Crippen molar-refractivity contribution < 1.29 is 4.74 Å². The van der Waals surface area contributed by atoms with E-state index in [2.05, 4.69) is 6.92 Å². The third-order valence-corrected chi connectivity index (χ3v) is 8.82. The van der Waals surface area contributed by atoms with Gasteiger partial charge in [0.15, 0.2) is 0 Å². The van der Waals surface area contributed by atoms with Crippen LogP contribution in [-0.2, 0) is 4.74 Å². The second kappa shape index (κ2) is 13.0. The van der Waals surface area contributed by atoms with Gasteiger partial charge in [0.2, 0.25) is 7.42 Å². The van der Waals surface area contributed by atoms with Crippen molar-refractivity contribution in [2.45, 2.75) is 109 Å². The van der Waals surface area contributed by atoms with Crippen LogP contribution in [0.2, 0.25) is 6.04 Å². The molecule has 0 amide bonds. The van der Waals surface area contributed by atoms with Gasteiger partial charge in [-0.3, -0.25) is 0 Å². The lowest BCUT2D eigenvalue weighted by Gasteiger charge is -2.38. The van der Waals surface area contributed by atoms with Gasteiger partial charge in [0, 0.05) is 6.61 Å². The Morgan fingerprint density at radius 3 is 2.04 bits per heavy atom. The highest BCUT2D eigenvalue weighted by Gasteiger charge is 2.30. The van der Waals surface area contributed by atoms with E-state index < -0.39 is 7.42 Å². The van der Waals surface area contributed by atoms with E-state index in [9.17, 15) is 0 Å². The lowest BCUT2D eigenvalue weighted by molar-refractivity contribution is 0.00728. The standard InChI is InChI=1S/C21H40Cl2OSi/c1-2-3-4-5-7-18-8-10-19(11-9-18)20-12-14-21(15-13-20)24-16-6-17-25(22)23/h18-21,25H,2-17H2,1H3. The molecule has 0 aliphatic heterocycles. The normalized spacial score (nSPS) is 30.7. The van der Waals surface area contributed by atoms with E-state index in [1.165, 1.54) is 83.5 Å². The molecular weight excluding hydrogens is 367 g/mol. The lowest BCUT2D eigenvalue weighted by Crippen LogP contribution is -2.28. The minimum Gasteiger partial charge on any atom is -0.378 e. The van der Waals surface area contributed by atoms with Gasteiger partial charge in [-0.25, -0.2) is 0 Å². The van der Waals surface area contributed by atoms with E-state index >= 15 is 0 Å². The Hall–Kier alpha value is 0.757. The van der Waals surface area contributed by atoms with Gasteiger partial charge >= 0.3 is 0 Å². The first-order valence-corrected chi connectivity index (χ1v) is 15.4. The van der Waals surface area contributed by atoms with Gasteiger partial charge in [0.1, 0.15) is 0 Å². The molecule has 0 atom stereocenters. The van der Waals surface area contributed by atoms with Crippen LogP contribution >= 0.6 is 22.2 Å². The molecule has 1 nitrogen and oxygen atoms in total. The summed E-state index contributed by atoms with van der Waals surface area (Å²) < 4.78 is 6.06. The zero-order chi connectivity index (χ0) is 17.9. The van der Waals surface area contributed by atoms with Crippen molar-refractivity contribution in [2.24, 2.45) is 17.8 Å². The number of rotatable bonds is 11. The Morgan fingerprint density at radius 2 is 1.44 bits per heavy atom.